The summed E-state index contributed by atoms with van der Waals surface area (Å²) in [4.78, 5) is 0. The van der Waals surface area contributed by atoms with Crippen molar-refractivity contribution in [3.63, 3.8) is 0 Å². The second kappa shape index (κ2) is 8.98. The highest BCUT2D eigenvalue weighted by atomic mass is 79.9. The van der Waals surface area contributed by atoms with E-state index in [9.17, 15) is 8.42 Å². The Bertz CT molecular complexity index is 526. The van der Waals surface area contributed by atoms with Crippen molar-refractivity contribution < 1.29 is 13.2 Å². The molecule has 0 aliphatic rings. The van der Waals surface area contributed by atoms with Crippen LogP contribution in [0.4, 0.5) is 0 Å². The van der Waals surface area contributed by atoms with Crippen molar-refractivity contribution in [1.29, 1.82) is 0 Å². The summed E-state index contributed by atoms with van der Waals surface area (Å²) in [5, 5.41) is 0. The lowest BCUT2D eigenvalue weighted by atomic mass is 10.2. The highest BCUT2D eigenvalue weighted by molar-refractivity contribution is 9.11. The average molecular weight is 513 g/mol. The summed E-state index contributed by atoms with van der Waals surface area (Å²) < 4.78 is 29.9. The predicted molar refractivity (Wildman–Crippen MR) is 93.1 cm³/mol. The van der Waals surface area contributed by atoms with Gasteiger partial charge in [0.1, 0.15) is 5.75 Å². The SMILES string of the molecule is O=S(=O)(Cl)CCCCCCOc1c(Br)cc(Br)cc1Br. The highest BCUT2D eigenvalue weighted by Crippen LogP contribution is 2.36. The van der Waals surface area contributed by atoms with E-state index in [0.29, 0.717) is 13.0 Å². The van der Waals surface area contributed by atoms with E-state index in [-0.39, 0.29) is 5.75 Å². The zero-order valence-corrected chi connectivity index (χ0v) is 16.9. The van der Waals surface area contributed by atoms with Crippen LogP contribution in [0.1, 0.15) is 25.7 Å². The van der Waals surface area contributed by atoms with Gasteiger partial charge in [-0.3, -0.25) is 0 Å². The van der Waals surface area contributed by atoms with E-state index in [4.69, 9.17) is 15.4 Å². The number of benzene rings is 1. The molecule has 20 heavy (non-hydrogen) atoms. The Labute approximate surface area is 149 Å². The van der Waals surface area contributed by atoms with Crippen LogP contribution in [0.2, 0.25) is 0 Å². The van der Waals surface area contributed by atoms with Gasteiger partial charge in [0, 0.05) is 15.2 Å². The number of hydrogen-bond acceptors (Lipinski definition) is 3. The molecule has 0 aliphatic carbocycles. The first kappa shape index (κ1) is 18.7. The van der Waals surface area contributed by atoms with Crippen molar-refractivity contribution in [1.82, 2.24) is 0 Å². The Balaban J connectivity index is 2.25. The van der Waals surface area contributed by atoms with Crippen LogP contribution in [0.3, 0.4) is 0 Å². The number of unbranched alkanes of at least 4 members (excludes halogenated alkanes) is 3. The topological polar surface area (TPSA) is 43.4 Å². The maximum atomic E-state index is 10.7. The molecule has 3 nitrogen and oxygen atoms in total. The van der Waals surface area contributed by atoms with Crippen LogP contribution in [0.5, 0.6) is 5.75 Å². The van der Waals surface area contributed by atoms with Crippen molar-refractivity contribution in [3.8, 4) is 5.75 Å². The van der Waals surface area contributed by atoms with E-state index < -0.39 is 9.05 Å². The van der Waals surface area contributed by atoms with Gasteiger partial charge in [-0.25, -0.2) is 8.42 Å². The maximum absolute atomic E-state index is 10.7. The second-order valence-corrected chi connectivity index (χ2v) is 9.73. The number of ether oxygens (including phenoxy) is 1. The molecule has 0 aliphatic heterocycles. The Morgan fingerprint density at radius 2 is 1.55 bits per heavy atom. The molecule has 0 N–H and O–H groups in total. The van der Waals surface area contributed by atoms with Gasteiger partial charge in [0.05, 0.1) is 21.3 Å². The minimum Gasteiger partial charge on any atom is -0.491 e. The van der Waals surface area contributed by atoms with E-state index in [0.717, 1.165) is 38.4 Å². The van der Waals surface area contributed by atoms with Crippen LogP contribution < -0.4 is 4.74 Å². The van der Waals surface area contributed by atoms with Gasteiger partial charge in [-0.2, -0.15) is 0 Å². The molecule has 0 heterocycles. The van der Waals surface area contributed by atoms with E-state index >= 15 is 0 Å². The van der Waals surface area contributed by atoms with E-state index in [2.05, 4.69) is 47.8 Å². The molecular formula is C12H14Br3ClO3S. The third-order valence-electron chi connectivity index (χ3n) is 2.49. The molecule has 0 spiro atoms. The summed E-state index contributed by atoms with van der Waals surface area (Å²) in [7, 11) is 1.78. The Morgan fingerprint density at radius 1 is 1.00 bits per heavy atom. The predicted octanol–water partition coefficient (Wildman–Crippen LogP) is 5.48. The molecule has 0 unspecified atom stereocenters. The van der Waals surface area contributed by atoms with E-state index in [1.165, 1.54) is 0 Å². The summed E-state index contributed by atoms with van der Waals surface area (Å²) in [6, 6.07) is 3.84. The number of rotatable bonds is 8. The van der Waals surface area contributed by atoms with Crippen LogP contribution in [0.15, 0.2) is 25.6 Å². The monoisotopic (exact) mass is 510 g/mol. The fourth-order valence-corrected chi connectivity index (χ4v) is 4.94. The largest absolute Gasteiger partial charge is 0.491 e. The smallest absolute Gasteiger partial charge is 0.232 e. The second-order valence-electron chi connectivity index (χ2n) is 4.20. The molecule has 0 atom stereocenters. The highest BCUT2D eigenvalue weighted by Gasteiger charge is 2.08. The van der Waals surface area contributed by atoms with Crippen molar-refractivity contribution in [2.45, 2.75) is 25.7 Å². The summed E-state index contributed by atoms with van der Waals surface area (Å²) in [6.07, 6.45) is 3.21. The summed E-state index contributed by atoms with van der Waals surface area (Å²) in [6.45, 7) is 0.590. The van der Waals surface area contributed by atoms with E-state index in [1.54, 1.807) is 0 Å². The normalized spacial score (nSPS) is 11.6. The first-order chi connectivity index (χ1) is 9.29. The lowest BCUT2D eigenvalue weighted by Gasteiger charge is -2.10. The molecule has 8 heteroatoms. The summed E-state index contributed by atoms with van der Waals surface area (Å²) in [5.41, 5.74) is 0. The van der Waals surface area contributed by atoms with Gasteiger partial charge < -0.3 is 4.74 Å². The van der Waals surface area contributed by atoms with Crippen molar-refractivity contribution >= 4 is 67.5 Å². The van der Waals surface area contributed by atoms with Crippen LogP contribution in [0, 0.1) is 0 Å². The van der Waals surface area contributed by atoms with Gasteiger partial charge in [0.2, 0.25) is 9.05 Å². The lowest BCUT2D eigenvalue weighted by molar-refractivity contribution is 0.301. The number of hydrogen-bond donors (Lipinski definition) is 0. The van der Waals surface area contributed by atoms with Crippen LogP contribution in [0.25, 0.3) is 0 Å². The third-order valence-corrected chi connectivity index (χ3v) is 5.37. The zero-order chi connectivity index (χ0) is 15.2. The van der Waals surface area contributed by atoms with Crippen LogP contribution >= 0.6 is 58.5 Å². The van der Waals surface area contributed by atoms with Crippen molar-refractivity contribution in [2.75, 3.05) is 12.4 Å². The number of halogens is 4. The standard InChI is InChI=1S/C12H14Br3ClO3S/c13-9-7-10(14)12(11(15)8-9)19-5-3-1-2-4-6-20(16,17)18/h7-8H,1-6H2. The molecule has 1 aromatic rings. The molecule has 114 valence electrons. The Kier molecular flexibility index (Phi) is 8.42. The molecule has 0 aromatic heterocycles. The minimum absolute atomic E-state index is 0.0409. The third kappa shape index (κ3) is 7.64. The Morgan fingerprint density at radius 3 is 2.10 bits per heavy atom. The summed E-state index contributed by atoms with van der Waals surface area (Å²) in [5.74, 6) is 0.815. The van der Waals surface area contributed by atoms with Crippen LogP contribution in [-0.4, -0.2) is 20.8 Å². The van der Waals surface area contributed by atoms with Gasteiger partial charge in [-0.05, 0) is 56.8 Å². The minimum atomic E-state index is -3.35. The van der Waals surface area contributed by atoms with Crippen LogP contribution in [-0.2, 0) is 9.05 Å². The molecule has 1 aromatic carbocycles. The lowest BCUT2D eigenvalue weighted by Crippen LogP contribution is -2.00. The van der Waals surface area contributed by atoms with Gasteiger partial charge in [-0.15, -0.1) is 0 Å². The first-order valence-corrected chi connectivity index (χ1v) is 10.8. The first-order valence-electron chi connectivity index (χ1n) is 5.99. The van der Waals surface area contributed by atoms with Gasteiger partial charge in [0.25, 0.3) is 0 Å². The Hall–Kier alpha value is 0.700. The molecule has 0 saturated heterocycles. The molecule has 0 saturated carbocycles. The zero-order valence-electron chi connectivity index (χ0n) is 10.5. The maximum Gasteiger partial charge on any atom is 0.232 e. The fraction of sp³-hybridized carbons (Fsp3) is 0.500. The van der Waals surface area contributed by atoms with E-state index in [1.807, 2.05) is 12.1 Å². The molecule has 0 bridgehead atoms. The summed E-state index contributed by atoms with van der Waals surface area (Å²) >= 11 is 10.3. The van der Waals surface area contributed by atoms with Gasteiger partial charge >= 0.3 is 0 Å². The molecule has 0 amide bonds. The molecule has 1 rings (SSSR count). The van der Waals surface area contributed by atoms with Crippen molar-refractivity contribution in [2.24, 2.45) is 0 Å². The quantitative estimate of drug-likeness (QED) is 0.342. The fourth-order valence-electron chi connectivity index (χ4n) is 1.57. The molecule has 0 fully saturated rings. The molecule has 0 radical (unpaired) electrons. The average Bonchev–Trinajstić information content (AvgIpc) is 2.29. The van der Waals surface area contributed by atoms with Gasteiger partial charge in [0.15, 0.2) is 0 Å². The van der Waals surface area contributed by atoms with Gasteiger partial charge in [-0.1, -0.05) is 28.8 Å². The molecular weight excluding hydrogens is 499 g/mol. The van der Waals surface area contributed by atoms with Crippen molar-refractivity contribution in [3.05, 3.63) is 25.6 Å².